The van der Waals surface area contributed by atoms with Crippen molar-refractivity contribution in [1.82, 2.24) is 0 Å². The van der Waals surface area contributed by atoms with Crippen molar-refractivity contribution in [3.8, 4) is 55.6 Å². The minimum Gasteiger partial charge on any atom is -0.311 e. The molecule has 0 N–H and O–H groups in total. The lowest BCUT2D eigenvalue weighted by atomic mass is 9.86. The molecule has 0 aromatic heterocycles. The van der Waals surface area contributed by atoms with Crippen molar-refractivity contribution < 1.29 is 0 Å². The van der Waals surface area contributed by atoms with Crippen LogP contribution >= 0.6 is 0 Å². The Morgan fingerprint density at radius 2 is 0.431 bits per heavy atom. The molecule has 0 saturated heterocycles. The maximum absolute atomic E-state index is 2.35. The largest absolute Gasteiger partial charge is 0.311 e. The van der Waals surface area contributed by atoms with Crippen LogP contribution < -0.4 is 4.90 Å². The van der Waals surface area contributed by atoms with Gasteiger partial charge in [0, 0.05) is 17.1 Å². The van der Waals surface area contributed by atoms with Crippen LogP contribution in [0.25, 0.3) is 89.3 Å². The Labute approximate surface area is 381 Å². The summed E-state index contributed by atoms with van der Waals surface area (Å²) < 4.78 is 0. The average molecular weight is 828 g/mol. The molecule has 306 valence electrons. The summed E-state index contributed by atoms with van der Waals surface area (Å²) in [6.45, 7) is 0. The van der Waals surface area contributed by atoms with E-state index in [1.165, 1.54) is 88.3 Å². The minimum atomic E-state index is 1.09. The highest BCUT2D eigenvalue weighted by Gasteiger charge is 2.18. The molecule has 0 aliphatic rings. The molecule has 11 aromatic rings. The molecule has 0 heterocycles. The predicted octanol–water partition coefficient (Wildman–Crippen LogP) is 18.0. The summed E-state index contributed by atoms with van der Waals surface area (Å²) in [6, 6.07) is 94.2. The fraction of sp³-hybridized carbons (Fsp3) is 0. The van der Waals surface area contributed by atoms with Crippen LogP contribution in [0.15, 0.2) is 261 Å². The molecule has 0 aliphatic heterocycles. The smallest absolute Gasteiger partial charge is 0.0462 e. The van der Waals surface area contributed by atoms with Gasteiger partial charge in [0.2, 0.25) is 0 Å². The van der Waals surface area contributed by atoms with Crippen LogP contribution in [0.1, 0.15) is 11.1 Å². The molecule has 1 heteroatoms. The Balaban J connectivity index is 0.938. The van der Waals surface area contributed by atoms with Gasteiger partial charge in [-0.3, -0.25) is 0 Å². The molecule has 0 aliphatic carbocycles. The number of hydrogen-bond acceptors (Lipinski definition) is 1. The van der Waals surface area contributed by atoms with Crippen molar-refractivity contribution in [2.24, 2.45) is 0 Å². The Hall–Kier alpha value is -8.52. The summed E-state index contributed by atoms with van der Waals surface area (Å²) in [6.07, 6.45) is 4.39. The van der Waals surface area contributed by atoms with E-state index in [1.54, 1.807) is 0 Å². The number of benzene rings is 11. The summed E-state index contributed by atoms with van der Waals surface area (Å²) >= 11 is 0. The van der Waals surface area contributed by atoms with Gasteiger partial charge in [0.15, 0.2) is 0 Å². The van der Waals surface area contributed by atoms with Crippen LogP contribution in [-0.2, 0) is 0 Å². The third kappa shape index (κ3) is 8.04. The zero-order chi connectivity index (χ0) is 43.4. The average Bonchev–Trinajstić information content (AvgIpc) is 3.39. The molecule has 65 heavy (non-hydrogen) atoms. The van der Waals surface area contributed by atoms with Gasteiger partial charge in [-0.15, -0.1) is 0 Å². The van der Waals surface area contributed by atoms with Crippen molar-refractivity contribution >= 4 is 50.8 Å². The van der Waals surface area contributed by atoms with Crippen molar-refractivity contribution in [2.45, 2.75) is 0 Å². The van der Waals surface area contributed by atoms with Crippen molar-refractivity contribution in [2.75, 3.05) is 4.90 Å². The molecule has 0 bridgehead atoms. The van der Waals surface area contributed by atoms with Gasteiger partial charge in [0.05, 0.1) is 0 Å². The standard InChI is InChI=1S/C64H45N/c1-4-14-48(15-5-1)51-30-26-46(27-31-51)24-25-47-28-32-54(33-29-47)63-59-20-10-12-22-61(59)64(62-23-13-11-21-60(62)63)55-38-44-58(45-39-55)65(56-40-34-52(35-41-56)49-16-6-2-7-17-49)57-42-36-53(37-43-57)50-18-8-3-9-19-50/h1-45H/b25-24+. The van der Waals surface area contributed by atoms with E-state index in [0.29, 0.717) is 0 Å². The normalized spacial score (nSPS) is 11.3. The number of anilines is 3. The highest BCUT2D eigenvalue weighted by molar-refractivity contribution is 6.21. The fourth-order valence-corrected chi connectivity index (χ4v) is 9.21. The SMILES string of the molecule is C(=C\c1ccc(-c2c3ccccc3c(-c3ccc(N(c4ccc(-c5ccccc5)cc4)c4ccc(-c5ccccc5)cc4)cc3)c3ccccc23)cc1)/c1ccc(-c2ccccc2)cc1. The molecule has 11 rings (SSSR count). The van der Waals surface area contributed by atoms with E-state index in [2.05, 4.69) is 278 Å². The van der Waals surface area contributed by atoms with Crippen LogP contribution in [-0.4, -0.2) is 0 Å². The molecule has 0 atom stereocenters. The van der Waals surface area contributed by atoms with Gasteiger partial charge in [-0.25, -0.2) is 0 Å². The van der Waals surface area contributed by atoms with Crippen molar-refractivity contribution in [3.63, 3.8) is 0 Å². The summed E-state index contributed by atoms with van der Waals surface area (Å²) in [7, 11) is 0. The molecule has 0 spiro atoms. The zero-order valence-corrected chi connectivity index (χ0v) is 35.9. The van der Waals surface area contributed by atoms with Gasteiger partial charge in [-0.2, -0.15) is 0 Å². The van der Waals surface area contributed by atoms with Crippen LogP contribution in [0.3, 0.4) is 0 Å². The second kappa shape index (κ2) is 17.7. The second-order valence-corrected chi connectivity index (χ2v) is 16.5. The van der Waals surface area contributed by atoms with Crippen LogP contribution in [0, 0.1) is 0 Å². The molecule has 0 amide bonds. The Morgan fingerprint density at radius 1 is 0.200 bits per heavy atom. The topological polar surface area (TPSA) is 3.24 Å². The van der Waals surface area contributed by atoms with E-state index in [9.17, 15) is 0 Å². The highest BCUT2D eigenvalue weighted by atomic mass is 15.1. The van der Waals surface area contributed by atoms with Gasteiger partial charge in [-0.05, 0) is 125 Å². The monoisotopic (exact) mass is 827 g/mol. The maximum Gasteiger partial charge on any atom is 0.0462 e. The lowest BCUT2D eigenvalue weighted by Gasteiger charge is -2.26. The van der Waals surface area contributed by atoms with Crippen molar-refractivity contribution in [3.05, 3.63) is 272 Å². The third-order valence-electron chi connectivity index (χ3n) is 12.5. The van der Waals surface area contributed by atoms with Gasteiger partial charge in [-0.1, -0.05) is 237 Å². The molecule has 11 aromatic carbocycles. The zero-order valence-electron chi connectivity index (χ0n) is 35.9. The number of rotatable bonds is 10. The quantitative estimate of drug-likeness (QED) is 0.0981. The van der Waals surface area contributed by atoms with E-state index in [-0.39, 0.29) is 0 Å². The highest BCUT2D eigenvalue weighted by Crippen LogP contribution is 2.45. The molecule has 0 saturated carbocycles. The third-order valence-corrected chi connectivity index (χ3v) is 12.5. The predicted molar refractivity (Wildman–Crippen MR) is 279 cm³/mol. The Morgan fingerprint density at radius 3 is 0.738 bits per heavy atom. The lowest BCUT2D eigenvalue weighted by Crippen LogP contribution is -2.09. The summed E-state index contributed by atoms with van der Waals surface area (Å²) in [5.74, 6) is 0. The number of nitrogens with zero attached hydrogens (tertiary/aromatic N) is 1. The molecule has 0 radical (unpaired) electrons. The number of fused-ring (bicyclic) bond motifs is 2. The lowest BCUT2D eigenvalue weighted by molar-refractivity contribution is 1.28. The van der Waals surface area contributed by atoms with Gasteiger partial charge in [0.1, 0.15) is 0 Å². The summed E-state index contributed by atoms with van der Waals surface area (Å²) in [5.41, 5.74) is 17.8. The first-order chi connectivity index (χ1) is 32.2. The van der Waals surface area contributed by atoms with E-state index in [4.69, 9.17) is 0 Å². The van der Waals surface area contributed by atoms with Gasteiger partial charge >= 0.3 is 0 Å². The van der Waals surface area contributed by atoms with E-state index in [1.807, 2.05) is 0 Å². The molecule has 0 unspecified atom stereocenters. The van der Waals surface area contributed by atoms with Gasteiger partial charge < -0.3 is 4.90 Å². The Kier molecular flexibility index (Phi) is 10.7. The van der Waals surface area contributed by atoms with Gasteiger partial charge in [0.25, 0.3) is 0 Å². The molecule has 1 nitrogen and oxygen atoms in total. The first-order valence-electron chi connectivity index (χ1n) is 22.3. The minimum absolute atomic E-state index is 1.09. The molecular formula is C64H45N. The van der Waals surface area contributed by atoms with Crippen molar-refractivity contribution in [1.29, 1.82) is 0 Å². The van der Waals surface area contributed by atoms with Crippen LogP contribution in [0.4, 0.5) is 17.1 Å². The fourth-order valence-electron chi connectivity index (χ4n) is 9.21. The van der Waals surface area contributed by atoms with E-state index in [0.717, 1.165) is 17.1 Å². The van der Waals surface area contributed by atoms with E-state index < -0.39 is 0 Å². The first kappa shape index (κ1) is 39.3. The van der Waals surface area contributed by atoms with Crippen LogP contribution in [0.2, 0.25) is 0 Å². The Bertz CT molecular complexity index is 3250. The van der Waals surface area contributed by atoms with Crippen LogP contribution in [0.5, 0.6) is 0 Å². The number of hydrogen-bond donors (Lipinski definition) is 0. The molecular weight excluding hydrogens is 783 g/mol. The maximum atomic E-state index is 2.35. The summed E-state index contributed by atoms with van der Waals surface area (Å²) in [4.78, 5) is 2.35. The second-order valence-electron chi connectivity index (χ2n) is 16.5. The first-order valence-corrected chi connectivity index (χ1v) is 22.3. The molecule has 0 fully saturated rings. The van der Waals surface area contributed by atoms with E-state index >= 15 is 0 Å². The summed E-state index contributed by atoms with van der Waals surface area (Å²) in [5, 5.41) is 4.96.